The number of aryl methyl sites for hydroxylation is 1. The summed E-state index contributed by atoms with van der Waals surface area (Å²) in [7, 11) is 0. The van der Waals surface area contributed by atoms with Gasteiger partial charge in [-0.1, -0.05) is 12.8 Å². The zero-order chi connectivity index (χ0) is 11.2. The van der Waals surface area contributed by atoms with E-state index < -0.39 is 0 Å². The summed E-state index contributed by atoms with van der Waals surface area (Å²) in [4.78, 5) is 14.0. The summed E-state index contributed by atoms with van der Waals surface area (Å²) in [6, 6.07) is 2.11. The van der Waals surface area contributed by atoms with Crippen molar-refractivity contribution in [3.63, 3.8) is 0 Å². The second-order valence-corrected chi connectivity index (χ2v) is 5.21. The molecule has 1 aliphatic heterocycles. The van der Waals surface area contributed by atoms with E-state index in [0.717, 1.165) is 19.5 Å². The van der Waals surface area contributed by atoms with Crippen molar-refractivity contribution in [1.29, 1.82) is 0 Å². The molecule has 0 saturated carbocycles. The summed E-state index contributed by atoms with van der Waals surface area (Å²) in [6.45, 7) is 1.95. The van der Waals surface area contributed by atoms with Gasteiger partial charge in [-0.15, -0.1) is 0 Å². The highest BCUT2D eigenvalue weighted by Gasteiger charge is 2.14. The third-order valence-electron chi connectivity index (χ3n) is 3.17. The molecule has 1 aromatic heterocycles. The maximum absolute atomic E-state index is 12.0. The number of carbonyl (C=O) groups excluding carboxylic acids is 1. The van der Waals surface area contributed by atoms with Gasteiger partial charge in [-0.2, -0.15) is 11.3 Å². The fourth-order valence-corrected chi connectivity index (χ4v) is 2.87. The van der Waals surface area contributed by atoms with Gasteiger partial charge in [-0.3, -0.25) is 4.79 Å². The molecule has 0 atom stereocenters. The van der Waals surface area contributed by atoms with E-state index in [1.165, 1.54) is 31.2 Å². The Kier molecular flexibility index (Phi) is 4.40. The maximum Gasteiger partial charge on any atom is 0.222 e. The van der Waals surface area contributed by atoms with Gasteiger partial charge < -0.3 is 4.90 Å². The molecular formula is C13H19NOS. The monoisotopic (exact) mass is 237 g/mol. The van der Waals surface area contributed by atoms with Crippen LogP contribution in [0.3, 0.4) is 0 Å². The summed E-state index contributed by atoms with van der Waals surface area (Å²) >= 11 is 1.71. The Labute approximate surface area is 101 Å². The molecule has 0 bridgehead atoms. The minimum atomic E-state index is 0.341. The predicted octanol–water partition coefficient (Wildman–Crippen LogP) is 3.08. The van der Waals surface area contributed by atoms with Crippen molar-refractivity contribution in [1.82, 2.24) is 4.90 Å². The van der Waals surface area contributed by atoms with Gasteiger partial charge in [-0.05, 0) is 41.7 Å². The van der Waals surface area contributed by atoms with Crippen molar-refractivity contribution in [2.24, 2.45) is 0 Å². The van der Waals surface area contributed by atoms with Crippen LogP contribution in [0.2, 0.25) is 0 Å². The number of carbonyl (C=O) groups is 1. The SMILES string of the molecule is O=C(CCc1ccsc1)N1CCCCCC1. The fraction of sp³-hybridized carbons (Fsp3) is 0.615. The number of likely N-dealkylation sites (tertiary alicyclic amines) is 1. The third-order valence-corrected chi connectivity index (χ3v) is 3.90. The van der Waals surface area contributed by atoms with E-state index in [-0.39, 0.29) is 0 Å². The maximum atomic E-state index is 12.0. The van der Waals surface area contributed by atoms with Crippen LogP contribution < -0.4 is 0 Å². The number of amides is 1. The van der Waals surface area contributed by atoms with Crippen molar-refractivity contribution in [3.05, 3.63) is 22.4 Å². The van der Waals surface area contributed by atoms with Crippen LogP contribution in [0.15, 0.2) is 16.8 Å². The Balaban J connectivity index is 1.78. The molecular weight excluding hydrogens is 218 g/mol. The summed E-state index contributed by atoms with van der Waals surface area (Å²) in [5, 5.41) is 4.21. The lowest BCUT2D eigenvalue weighted by molar-refractivity contribution is -0.131. The van der Waals surface area contributed by atoms with Gasteiger partial charge in [0.15, 0.2) is 0 Å². The molecule has 0 N–H and O–H groups in total. The number of nitrogens with zero attached hydrogens (tertiary/aromatic N) is 1. The van der Waals surface area contributed by atoms with Gasteiger partial charge in [0.05, 0.1) is 0 Å². The second-order valence-electron chi connectivity index (χ2n) is 4.43. The molecule has 1 saturated heterocycles. The zero-order valence-electron chi connectivity index (χ0n) is 9.65. The van der Waals surface area contributed by atoms with Crippen molar-refractivity contribution < 1.29 is 4.79 Å². The molecule has 0 radical (unpaired) electrons. The molecule has 0 aromatic carbocycles. The smallest absolute Gasteiger partial charge is 0.222 e. The van der Waals surface area contributed by atoms with E-state index in [1.54, 1.807) is 11.3 Å². The van der Waals surface area contributed by atoms with E-state index in [4.69, 9.17) is 0 Å². The van der Waals surface area contributed by atoms with Gasteiger partial charge >= 0.3 is 0 Å². The van der Waals surface area contributed by atoms with Crippen LogP contribution >= 0.6 is 11.3 Å². The quantitative estimate of drug-likeness (QED) is 0.791. The molecule has 0 aliphatic carbocycles. The van der Waals surface area contributed by atoms with Crippen molar-refractivity contribution >= 4 is 17.2 Å². The zero-order valence-corrected chi connectivity index (χ0v) is 10.5. The lowest BCUT2D eigenvalue weighted by atomic mass is 10.2. The van der Waals surface area contributed by atoms with Gasteiger partial charge in [0, 0.05) is 19.5 Å². The van der Waals surface area contributed by atoms with Gasteiger partial charge in [-0.25, -0.2) is 0 Å². The molecule has 2 nitrogen and oxygen atoms in total. The van der Waals surface area contributed by atoms with E-state index in [1.807, 2.05) is 0 Å². The summed E-state index contributed by atoms with van der Waals surface area (Å²) in [5.41, 5.74) is 1.30. The first-order chi connectivity index (χ1) is 7.86. The predicted molar refractivity (Wildman–Crippen MR) is 67.7 cm³/mol. The fourth-order valence-electron chi connectivity index (χ4n) is 2.16. The summed E-state index contributed by atoms with van der Waals surface area (Å²) < 4.78 is 0. The van der Waals surface area contributed by atoms with Crippen LogP contribution in [-0.2, 0) is 11.2 Å². The van der Waals surface area contributed by atoms with Crippen LogP contribution in [0.5, 0.6) is 0 Å². The van der Waals surface area contributed by atoms with Crippen molar-refractivity contribution in [2.45, 2.75) is 38.5 Å². The topological polar surface area (TPSA) is 20.3 Å². The number of hydrogen-bond donors (Lipinski definition) is 0. The van der Waals surface area contributed by atoms with Crippen LogP contribution in [0.4, 0.5) is 0 Å². The minimum absolute atomic E-state index is 0.341. The highest BCUT2D eigenvalue weighted by atomic mass is 32.1. The highest BCUT2D eigenvalue weighted by molar-refractivity contribution is 7.07. The first kappa shape index (κ1) is 11.6. The first-order valence-corrected chi connectivity index (χ1v) is 7.09. The molecule has 1 aliphatic rings. The van der Waals surface area contributed by atoms with Crippen LogP contribution in [0.25, 0.3) is 0 Å². The summed E-state index contributed by atoms with van der Waals surface area (Å²) in [6.07, 6.45) is 6.52. The molecule has 3 heteroatoms. The molecule has 1 amide bonds. The van der Waals surface area contributed by atoms with Crippen LogP contribution in [0, 0.1) is 0 Å². The minimum Gasteiger partial charge on any atom is -0.343 e. The Bertz CT molecular complexity index is 313. The lowest BCUT2D eigenvalue weighted by Gasteiger charge is -2.20. The number of rotatable bonds is 3. The van der Waals surface area contributed by atoms with Crippen LogP contribution in [-0.4, -0.2) is 23.9 Å². The highest BCUT2D eigenvalue weighted by Crippen LogP contribution is 2.13. The van der Waals surface area contributed by atoms with E-state index in [2.05, 4.69) is 21.7 Å². The molecule has 0 spiro atoms. The average Bonchev–Trinajstić information content (AvgIpc) is 2.66. The molecule has 16 heavy (non-hydrogen) atoms. The molecule has 2 heterocycles. The van der Waals surface area contributed by atoms with Gasteiger partial charge in [0.1, 0.15) is 0 Å². The Morgan fingerprint density at radius 1 is 1.25 bits per heavy atom. The van der Waals surface area contributed by atoms with Crippen molar-refractivity contribution in [2.75, 3.05) is 13.1 Å². The Hall–Kier alpha value is -0.830. The molecule has 1 aromatic rings. The van der Waals surface area contributed by atoms with Crippen molar-refractivity contribution in [3.8, 4) is 0 Å². The second kappa shape index (κ2) is 6.04. The number of hydrogen-bond acceptors (Lipinski definition) is 2. The third kappa shape index (κ3) is 3.34. The molecule has 88 valence electrons. The molecule has 2 rings (SSSR count). The summed E-state index contributed by atoms with van der Waals surface area (Å²) in [5.74, 6) is 0.341. The standard InChI is InChI=1S/C13H19NOS/c15-13(6-5-12-7-10-16-11-12)14-8-3-1-2-4-9-14/h7,10-11H,1-6,8-9H2. The first-order valence-electron chi connectivity index (χ1n) is 6.15. The van der Waals surface area contributed by atoms with E-state index in [9.17, 15) is 4.79 Å². The van der Waals surface area contributed by atoms with Gasteiger partial charge in [0.25, 0.3) is 0 Å². The Morgan fingerprint density at radius 3 is 2.62 bits per heavy atom. The van der Waals surface area contributed by atoms with Gasteiger partial charge in [0.2, 0.25) is 5.91 Å². The lowest BCUT2D eigenvalue weighted by Crippen LogP contribution is -2.31. The number of thiophene rings is 1. The van der Waals surface area contributed by atoms with E-state index in [0.29, 0.717) is 12.3 Å². The Morgan fingerprint density at radius 2 is 2.00 bits per heavy atom. The average molecular weight is 237 g/mol. The van der Waals surface area contributed by atoms with Crippen LogP contribution in [0.1, 0.15) is 37.7 Å². The molecule has 1 fully saturated rings. The molecule has 0 unspecified atom stereocenters. The van der Waals surface area contributed by atoms with E-state index >= 15 is 0 Å². The largest absolute Gasteiger partial charge is 0.343 e. The normalized spacial score (nSPS) is 17.1.